The molecule has 1 aliphatic heterocycles. The number of nitrogen functional groups attached to an aromatic ring is 1. The van der Waals surface area contributed by atoms with Gasteiger partial charge in [-0.2, -0.15) is 0 Å². The fourth-order valence-electron chi connectivity index (χ4n) is 2.27. The van der Waals surface area contributed by atoms with E-state index in [1.54, 1.807) is 12.3 Å². The number of anilines is 2. The van der Waals surface area contributed by atoms with Crippen LogP contribution in [0, 0.1) is 0 Å². The number of hydrogen-bond acceptors (Lipinski definition) is 4. The SMILES string of the molecule is CN(C)C1CCN(c2ncc(N)cc2Cl)CC1. The molecule has 2 rings (SSSR count). The first-order valence-corrected chi connectivity index (χ1v) is 6.28. The number of nitrogens with zero attached hydrogens (tertiary/aromatic N) is 3. The van der Waals surface area contributed by atoms with Crippen LogP contribution in [0.3, 0.4) is 0 Å². The summed E-state index contributed by atoms with van der Waals surface area (Å²) in [5.74, 6) is 0.859. The Balaban J connectivity index is 2.05. The summed E-state index contributed by atoms with van der Waals surface area (Å²) in [7, 11) is 4.27. The van der Waals surface area contributed by atoms with Crippen molar-refractivity contribution in [2.45, 2.75) is 18.9 Å². The predicted octanol–water partition coefficient (Wildman–Crippen LogP) is 1.85. The summed E-state index contributed by atoms with van der Waals surface area (Å²) in [6, 6.07) is 2.43. The average molecular weight is 255 g/mol. The normalized spacial score (nSPS) is 17.8. The molecule has 0 atom stereocenters. The number of pyridine rings is 1. The van der Waals surface area contributed by atoms with Crippen molar-refractivity contribution in [3.8, 4) is 0 Å². The predicted molar refractivity (Wildman–Crippen MR) is 72.6 cm³/mol. The lowest BCUT2D eigenvalue weighted by atomic mass is 10.0. The molecule has 0 saturated carbocycles. The first-order valence-electron chi connectivity index (χ1n) is 5.90. The molecule has 5 heteroatoms. The summed E-state index contributed by atoms with van der Waals surface area (Å²) in [4.78, 5) is 8.85. The van der Waals surface area contributed by atoms with E-state index in [4.69, 9.17) is 17.3 Å². The van der Waals surface area contributed by atoms with Crippen LogP contribution in [0.2, 0.25) is 5.02 Å². The van der Waals surface area contributed by atoms with E-state index in [9.17, 15) is 0 Å². The van der Waals surface area contributed by atoms with Crippen molar-refractivity contribution in [1.29, 1.82) is 0 Å². The van der Waals surface area contributed by atoms with E-state index in [2.05, 4.69) is 28.9 Å². The summed E-state index contributed by atoms with van der Waals surface area (Å²) in [6.07, 6.45) is 3.96. The van der Waals surface area contributed by atoms with Gasteiger partial charge in [-0.3, -0.25) is 0 Å². The molecule has 1 aliphatic rings. The monoisotopic (exact) mass is 254 g/mol. The molecule has 0 aromatic carbocycles. The maximum atomic E-state index is 6.17. The highest BCUT2D eigenvalue weighted by atomic mass is 35.5. The molecule has 1 aromatic heterocycles. The zero-order chi connectivity index (χ0) is 12.4. The topological polar surface area (TPSA) is 45.4 Å². The second-order valence-electron chi connectivity index (χ2n) is 4.76. The average Bonchev–Trinajstić information content (AvgIpc) is 2.29. The van der Waals surface area contributed by atoms with Crippen molar-refractivity contribution in [1.82, 2.24) is 9.88 Å². The second-order valence-corrected chi connectivity index (χ2v) is 5.16. The third-order valence-corrected chi connectivity index (χ3v) is 3.62. The Kier molecular flexibility index (Phi) is 3.74. The molecule has 17 heavy (non-hydrogen) atoms. The molecule has 94 valence electrons. The van der Waals surface area contributed by atoms with Crippen LogP contribution in [0.15, 0.2) is 12.3 Å². The van der Waals surface area contributed by atoms with Crippen LogP contribution in [0.5, 0.6) is 0 Å². The van der Waals surface area contributed by atoms with Gasteiger partial charge in [-0.25, -0.2) is 4.98 Å². The number of aromatic nitrogens is 1. The molecule has 2 N–H and O–H groups in total. The number of hydrogen-bond donors (Lipinski definition) is 1. The third kappa shape index (κ3) is 2.82. The van der Waals surface area contributed by atoms with Crippen molar-refractivity contribution in [2.24, 2.45) is 0 Å². The van der Waals surface area contributed by atoms with E-state index < -0.39 is 0 Å². The lowest BCUT2D eigenvalue weighted by molar-refractivity contribution is 0.249. The highest BCUT2D eigenvalue weighted by Gasteiger charge is 2.22. The quantitative estimate of drug-likeness (QED) is 0.875. The van der Waals surface area contributed by atoms with E-state index in [1.165, 1.54) is 0 Å². The van der Waals surface area contributed by atoms with Crippen molar-refractivity contribution >= 4 is 23.1 Å². The molecule has 0 unspecified atom stereocenters. The van der Waals surface area contributed by atoms with E-state index in [1.807, 2.05) is 0 Å². The van der Waals surface area contributed by atoms with Gasteiger partial charge in [-0.05, 0) is 33.0 Å². The van der Waals surface area contributed by atoms with Gasteiger partial charge in [0.2, 0.25) is 0 Å². The number of piperidine rings is 1. The van der Waals surface area contributed by atoms with Crippen LogP contribution in [-0.2, 0) is 0 Å². The molecule has 0 aliphatic carbocycles. The first kappa shape index (κ1) is 12.5. The summed E-state index contributed by atoms with van der Waals surface area (Å²) in [6.45, 7) is 2.00. The van der Waals surface area contributed by atoms with Crippen molar-refractivity contribution < 1.29 is 0 Å². The van der Waals surface area contributed by atoms with Crippen molar-refractivity contribution in [3.63, 3.8) is 0 Å². The standard InChI is InChI=1S/C12H19ClN4/c1-16(2)10-3-5-17(6-4-10)12-11(13)7-9(14)8-15-12/h7-8,10H,3-6,14H2,1-2H3. The Morgan fingerprint density at radius 1 is 1.41 bits per heavy atom. The molecular weight excluding hydrogens is 236 g/mol. The van der Waals surface area contributed by atoms with Gasteiger partial charge in [0, 0.05) is 19.1 Å². The molecule has 1 aromatic rings. The van der Waals surface area contributed by atoms with Crippen LogP contribution in [0.4, 0.5) is 11.5 Å². The fourth-order valence-corrected chi connectivity index (χ4v) is 2.57. The van der Waals surface area contributed by atoms with Gasteiger partial charge < -0.3 is 15.5 Å². The first-order chi connectivity index (χ1) is 8.08. The van der Waals surface area contributed by atoms with E-state index in [0.29, 0.717) is 16.8 Å². The summed E-state index contributed by atoms with van der Waals surface area (Å²) in [5, 5.41) is 0.647. The fraction of sp³-hybridized carbons (Fsp3) is 0.583. The van der Waals surface area contributed by atoms with Crippen LogP contribution < -0.4 is 10.6 Å². The van der Waals surface area contributed by atoms with Crippen LogP contribution in [0.1, 0.15) is 12.8 Å². The zero-order valence-electron chi connectivity index (χ0n) is 10.4. The van der Waals surface area contributed by atoms with Gasteiger partial charge in [-0.1, -0.05) is 11.6 Å². The van der Waals surface area contributed by atoms with Gasteiger partial charge >= 0.3 is 0 Å². The smallest absolute Gasteiger partial charge is 0.147 e. The van der Waals surface area contributed by atoms with Crippen molar-refractivity contribution in [3.05, 3.63) is 17.3 Å². The number of nitrogens with two attached hydrogens (primary N) is 1. The lowest BCUT2D eigenvalue weighted by Crippen LogP contribution is -2.42. The van der Waals surface area contributed by atoms with E-state index in [-0.39, 0.29) is 0 Å². The Bertz CT molecular complexity index is 386. The minimum atomic E-state index is 0.613. The Morgan fingerprint density at radius 2 is 2.06 bits per heavy atom. The second kappa shape index (κ2) is 5.10. The molecule has 1 fully saturated rings. The summed E-state index contributed by atoms with van der Waals surface area (Å²) >= 11 is 6.17. The van der Waals surface area contributed by atoms with Gasteiger partial charge in [0.1, 0.15) is 5.82 Å². The molecule has 1 saturated heterocycles. The van der Waals surface area contributed by atoms with E-state index in [0.717, 1.165) is 31.7 Å². The summed E-state index contributed by atoms with van der Waals surface area (Å²) < 4.78 is 0. The Hall–Kier alpha value is -1.00. The maximum absolute atomic E-state index is 6.17. The molecule has 0 bridgehead atoms. The molecule has 0 radical (unpaired) electrons. The van der Waals surface area contributed by atoms with Gasteiger partial charge in [0.15, 0.2) is 0 Å². The molecule has 4 nitrogen and oxygen atoms in total. The molecule has 2 heterocycles. The Morgan fingerprint density at radius 3 is 2.59 bits per heavy atom. The van der Waals surface area contributed by atoms with Gasteiger partial charge in [0.05, 0.1) is 16.9 Å². The maximum Gasteiger partial charge on any atom is 0.147 e. The molecule has 0 spiro atoms. The molecule has 0 amide bonds. The zero-order valence-corrected chi connectivity index (χ0v) is 11.1. The number of halogens is 1. The highest BCUT2D eigenvalue weighted by molar-refractivity contribution is 6.33. The van der Waals surface area contributed by atoms with Crippen molar-refractivity contribution in [2.75, 3.05) is 37.8 Å². The van der Waals surface area contributed by atoms with Crippen LogP contribution in [-0.4, -0.2) is 43.1 Å². The highest BCUT2D eigenvalue weighted by Crippen LogP contribution is 2.27. The minimum absolute atomic E-state index is 0.613. The van der Waals surface area contributed by atoms with E-state index >= 15 is 0 Å². The lowest BCUT2D eigenvalue weighted by Gasteiger charge is -2.36. The minimum Gasteiger partial charge on any atom is -0.397 e. The third-order valence-electron chi connectivity index (χ3n) is 3.34. The van der Waals surface area contributed by atoms with Gasteiger partial charge in [0.25, 0.3) is 0 Å². The Labute approximate surface area is 107 Å². The largest absolute Gasteiger partial charge is 0.397 e. The van der Waals surface area contributed by atoms with Crippen LogP contribution >= 0.6 is 11.6 Å². The molecular formula is C12H19ClN4. The summed E-state index contributed by atoms with van der Waals surface area (Å²) in [5.41, 5.74) is 6.26. The number of rotatable bonds is 2. The van der Waals surface area contributed by atoms with Gasteiger partial charge in [-0.15, -0.1) is 0 Å². The van der Waals surface area contributed by atoms with Crippen LogP contribution in [0.25, 0.3) is 0 Å².